The van der Waals surface area contributed by atoms with Crippen molar-refractivity contribution in [2.75, 3.05) is 31.6 Å². The number of aromatic nitrogens is 4. The second kappa shape index (κ2) is 9.55. The number of rotatable bonds is 8. The van der Waals surface area contributed by atoms with Crippen molar-refractivity contribution in [2.45, 2.75) is 43.6 Å². The van der Waals surface area contributed by atoms with Crippen molar-refractivity contribution in [3.63, 3.8) is 0 Å². The van der Waals surface area contributed by atoms with Gasteiger partial charge in [-0.25, -0.2) is 14.6 Å². The number of carbonyl (C=O) groups excluding carboxylic acids is 1. The number of nitrogens with one attached hydrogen (secondary N) is 1. The molecule has 31 heavy (non-hydrogen) atoms. The fraction of sp³-hybridized carbons (Fsp3) is 0.455. The Bertz CT molecular complexity index is 1060. The second-order valence-electron chi connectivity index (χ2n) is 7.75. The summed E-state index contributed by atoms with van der Waals surface area (Å²) in [5.41, 5.74) is 1.33. The SMILES string of the molecule is COc1ccccc1C(=O)NCCn1ncc2c(N3CCCC3)nc(SC(C)C)nc21. The number of benzene rings is 1. The first-order chi connectivity index (χ1) is 15.1. The molecule has 164 valence electrons. The summed E-state index contributed by atoms with van der Waals surface area (Å²) in [6.07, 6.45) is 4.21. The summed E-state index contributed by atoms with van der Waals surface area (Å²) in [5.74, 6) is 1.36. The standard InChI is InChI=1S/C22H28N6O2S/c1-15(2)31-22-25-19(27-11-6-7-12-27)17-14-24-28(20(17)26-22)13-10-23-21(29)16-8-4-5-9-18(16)30-3/h4-5,8-9,14-15H,6-7,10-13H2,1-3H3,(H,23,29). The van der Waals surface area contributed by atoms with Gasteiger partial charge in [-0.2, -0.15) is 5.10 Å². The number of fused-ring (bicyclic) bond motifs is 1. The van der Waals surface area contributed by atoms with Gasteiger partial charge in [0.1, 0.15) is 11.6 Å². The predicted molar refractivity (Wildman–Crippen MR) is 123 cm³/mol. The number of thioether (sulfide) groups is 1. The molecule has 1 fully saturated rings. The van der Waals surface area contributed by atoms with Crippen LogP contribution in [0.4, 0.5) is 5.82 Å². The summed E-state index contributed by atoms with van der Waals surface area (Å²) in [7, 11) is 1.56. The van der Waals surface area contributed by atoms with E-state index >= 15 is 0 Å². The number of methoxy groups -OCH3 is 1. The summed E-state index contributed by atoms with van der Waals surface area (Å²) >= 11 is 1.65. The molecule has 1 N–H and O–H groups in total. The number of anilines is 1. The zero-order valence-electron chi connectivity index (χ0n) is 18.2. The summed E-state index contributed by atoms with van der Waals surface area (Å²) in [6.45, 7) is 7.25. The molecule has 9 heteroatoms. The Labute approximate surface area is 186 Å². The second-order valence-corrected chi connectivity index (χ2v) is 9.30. The van der Waals surface area contributed by atoms with Crippen LogP contribution in [0.15, 0.2) is 35.6 Å². The maximum Gasteiger partial charge on any atom is 0.255 e. The van der Waals surface area contributed by atoms with Gasteiger partial charge in [-0.05, 0) is 25.0 Å². The van der Waals surface area contributed by atoms with Crippen LogP contribution in [0.2, 0.25) is 0 Å². The zero-order chi connectivity index (χ0) is 21.8. The van der Waals surface area contributed by atoms with E-state index in [4.69, 9.17) is 14.7 Å². The highest BCUT2D eigenvalue weighted by Gasteiger charge is 2.21. The highest BCUT2D eigenvalue weighted by atomic mass is 32.2. The molecule has 1 aliphatic heterocycles. The van der Waals surface area contributed by atoms with Crippen molar-refractivity contribution in [1.82, 2.24) is 25.1 Å². The van der Waals surface area contributed by atoms with E-state index < -0.39 is 0 Å². The molecule has 1 saturated heterocycles. The van der Waals surface area contributed by atoms with Gasteiger partial charge in [0, 0.05) is 24.9 Å². The number of amides is 1. The van der Waals surface area contributed by atoms with Crippen LogP contribution in [0.3, 0.4) is 0 Å². The normalized spacial score (nSPS) is 13.9. The van der Waals surface area contributed by atoms with Crippen molar-refractivity contribution in [2.24, 2.45) is 0 Å². The summed E-state index contributed by atoms with van der Waals surface area (Å²) in [5, 5.41) is 9.63. The number of ether oxygens (including phenoxy) is 1. The molecule has 0 unspecified atom stereocenters. The van der Waals surface area contributed by atoms with Crippen LogP contribution in [0.5, 0.6) is 5.75 Å². The minimum Gasteiger partial charge on any atom is -0.496 e. The smallest absolute Gasteiger partial charge is 0.255 e. The van der Waals surface area contributed by atoms with Gasteiger partial charge in [0.05, 0.1) is 30.8 Å². The van der Waals surface area contributed by atoms with E-state index in [0.29, 0.717) is 29.7 Å². The maximum atomic E-state index is 12.6. The lowest BCUT2D eigenvalue weighted by Gasteiger charge is -2.18. The van der Waals surface area contributed by atoms with E-state index in [9.17, 15) is 4.79 Å². The fourth-order valence-electron chi connectivity index (χ4n) is 3.72. The molecule has 0 spiro atoms. The Morgan fingerprint density at radius 3 is 2.74 bits per heavy atom. The highest BCUT2D eigenvalue weighted by Crippen LogP contribution is 2.30. The average molecular weight is 441 g/mol. The van der Waals surface area contributed by atoms with Gasteiger partial charge in [0.2, 0.25) is 0 Å². The van der Waals surface area contributed by atoms with Gasteiger partial charge >= 0.3 is 0 Å². The molecule has 1 aliphatic rings. The van der Waals surface area contributed by atoms with Crippen LogP contribution >= 0.6 is 11.8 Å². The van der Waals surface area contributed by atoms with E-state index in [0.717, 1.165) is 35.1 Å². The van der Waals surface area contributed by atoms with Crippen LogP contribution in [-0.2, 0) is 6.54 Å². The van der Waals surface area contributed by atoms with Crippen LogP contribution in [0.25, 0.3) is 11.0 Å². The van der Waals surface area contributed by atoms with Crippen LogP contribution in [-0.4, -0.2) is 57.6 Å². The molecular formula is C22H28N6O2S. The zero-order valence-corrected chi connectivity index (χ0v) is 19.0. The van der Waals surface area contributed by atoms with E-state index in [2.05, 4.69) is 29.2 Å². The number of para-hydroxylation sites is 1. The minimum absolute atomic E-state index is 0.169. The van der Waals surface area contributed by atoms with E-state index in [-0.39, 0.29) is 5.91 Å². The number of carbonyl (C=O) groups is 1. The van der Waals surface area contributed by atoms with Gasteiger partial charge < -0.3 is 15.0 Å². The Hall–Kier alpha value is -2.81. The Morgan fingerprint density at radius 2 is 2.00 bits per heavy atom. The lowest BCUT2D eigenvalue weighted by atomic mass is 10.2. The average Bonchev–Trinajstić information content (AvgIpc) is 3.43. The molecule has 4 rings (SSSR count). The summed E-state index contributed by atoms with van der Waals surface area (Å²) in [6, 6.07) is 7.20. The van der Waals surface area contributed by atoms with E-state index in [1.807, 2.05) is 23.0 Å². The van der Waals surface area contributed by atoms with Crippen molar-refractivity contribution >= 4 is 34.5 Å². The van der Waals surface area contributed by atoms with Gasteiger partial charge in [-0.1, -0.05) is 37.7 Å². The van der Waals surface area contributed by atoms with E-state index in [1.54, 1.807) is 31.0 Å². The van der Waals surface area contributed by atoms with Gasteiger partial charge in [0.25, 0.3) is 5.91 Å². The predicted octanol–water partition coefficient (Wildman–Crippen LogP) is 3.37. The molecule has 0 saturated carbocycles. The fourth-order valence-corrected chi connectivity index (χ4v) is 4.42. The lowest BCUT2D eigenvalue weighted by Crippen LogP contribution is -2.28. The molecule has 0 atom stereocenters. The number of hydrogen-bond donors (Lipinski definition) is 1. The lowest BCUT2D eigenvalue weighted by molar-refractivity contribution is 0.0949. The Balaban J connectivity index is 1.53. The van der Waals surface area contributed by atoms with Gasteiger partial charge in [-0.15, -0.1) is 0 Å². The molecule has 0 radical (unpaired) electrons. The first-order valence-corrected chi connectivity index (χ1v) is 11.5. The van der Waals surface area contributed by atoms with Gasteiger partial charge in [0.15, 0.2) is 10.8 Å². The van der Waals surface area contributed by atoms with E-state index in [1.165, 1.54) is 12.8 Å². The maximum absolute atomic E-state index is 12.6. The monoisotopic (exact) mass is 440 g/mol. The highest BCUT2D eigenvalue weighted by molar-refractivity contribution is 7.99. The largest absolute Gasteiger partial charge is 0.496 e. The van der Waals surface area contributed by atoms with Crippen LogP contribution in [0, 0.1) is 0 Å². The first-order valence-electron chi connectivity index (χ1n) is 10.6. The molecular weight excluding hydrogens is 412 g/mol. The quantitative estimate of drug-likeness (QED) is 0.425. The Morgan fingerprint density at radius 1 is 1.23 bits per heavy atom. The van der Waals surface area contributed by atoms with Crippen molar-refractivity contribution < 1.29 is 9.53 Å². The van der Waals surface area contributed by atoms with Crippen molar-refractivity contribution in [1.29, 1.82) is 0 Å². The molecule has 0 aliphatic carbocycles. The molecule has 8 nitrogen and oxygen atoms in total. The molecule has 1 amide bonds. The number of hydrogen-bond acceptors (Lipinski definition) is 7. The summed E-state index contributed by atoms with van der Waals surface area (Å²) < 4.78 is 7.13. The van der Waals surface area contributed by atoms with Crippen LogP contribution in [0.1, 0.15) is 37.0 Å². The third-order valence-corrected chi connectivity index (χ3v) is 6.03. The van der Waals surface area contributed by atoms with Gasteiger partial charge in [-0.3, -0.25) is 4.79 Å². The summed E-state index contributed by atoms with van der Waals surface area (Å²) in [4.78, 5) is 24.5. The molecule has 1 aromatic carbocycles. The third-order valence-electron chi connectivity index (χ3n) is 5.16. The number of nitrogens with zero attached hydrogens (tertiary/aromatic N) is 5. The molecule has 0 bridgehead atoms. The topological polar surface area (TPSA) is 85.2 Å². The van der Waals surface area contributed by atoms with Crippen molar-refractivity contribution in [3.8, 4) is 5.75 Å². The van der Waals surface area contributed by atoms with Crippen LogP contribution < -0.4 is 15.0 Å². The first kappa shape index (κ1) is 21.4. The molecule has 2 aromatic heterocycles. The molecule has 3 heterocycles. The third kappa shape index (κ3) is 4.76. The Kier molecular flexibility index (Phi) is 6.60. The van der Waals surface area contributed by atoms with Crippen molar-refractivity contribution in [3.05, 3.63) is 36.0 Å². The molecule has 3 aromatic rings. The minimum atomic E-state index is -0.169.